The molecule has 0 fully saturated rings. The molecule has 6 heteroatoms. The van der Waals surface area contributed by atoms with Gasteiger partial charge in [-0.25, -0.2) is 0 Å². The van der Waals surface area contributed by atoms with Crippen molar-refractivity contribution in [2.24, 2.45) is 0 Å². The van der Waals surface area contributed by atoms with Gasteiger partial charge in [0, 0.05) is 25.2 Å². The second kappa shape index (κ2) is 10.4. The van der Waals surface area contributed by atoms with Gasteiger partial charge in [0.15, 0.2) is 11.5 Å². The summed E-state index contributed by atoms with van der Waals surface area (Å²) in [6.45, 7) is 2.14. The molecule has 0 unspecified atom stereocenters. The summed E-state index contributed by atoms with van der Waals surface area (Å²) in [5, 5.41) is 3.14. The van der Waals surface area contributed by atoms with Crippen molar-refractivity contribution in [3.05, 3.63) is 89.0 Å². The van der Waals surface area contributed by atoms with E-state index in [-0.39, 0.29) is 11.9 Å². The van der Waals surface area contributed by atoms with Gasteiger partial charge >= 0.3 is 0 Å². The van der Waals surface area contributed by atoms with Crippen LogP contribution in [0.3, 0.4) is 0 Å². The minimum atomic E-state index is -0.0763. The number of methoxy groups -OCH3 is 3. The lowest BCUT2D eigenvalue weighted by molar-refractivity contribution is 0.0926. The van der Waals surface area contributed by atoms with Crippen LogP contribution in [0.25, 0.3) is 0 Å². The van der Waals surface area contributed by atoms with Gasteiger partial charge in [-0.1, -0.05) is 30.3 Å². The molecular formula is C27H30N2O4. The zero-order valence-corrected chi connectivity index (χ0v) is 19.3. The number of hydrogen-bond donors (Lipinski definition) is 1. The van der Waals surface area contributed by atoms with E-state index in [1.165, 1.54) is 11.1 Å². The average molecular weight is 447 g/mol. The third kappa shape index (κ3) is 5.12. The molecule has 0 radical (unpaired) electrons. The van der Waals surface area contributed by atoms with E-state index in [0.29, 0.717) is 17.9 Å². The highest BCUT2D eigenvalue weighted by Gasteiger charge is 2.29. The topological polar surface area (TPSA) is 60.0 Å². The molecule has 0 bridgehead atoms. The van der Waals surface area contributed by atoms with Crippen molar-refractivity contribution in [3.8, 4) is 17.2 Å². The van der Waals surface area contributed by atoms with E-state index < -0.39 is 0 Å². The predicted molar refractivity (Wildman–Crippen MR) is 128 cm³/mol. The summed E-state index contributed by atoms with van der Waals surface area (Å²) in [5.41, 5.74) is 4.22. The van der Waals surface area contributed by atoms with Crippen molar-refractivity contribution < 1.29 is 19.0 Å². The zero-order valence-electron chi connectivity index (χ0n) is 19.3. The number of ether oxygens (including phenoxy) is 3. The molecule has 1 amide bonds. The van der Waals surface area contributed by atoms with Crippen molar-refractivity contribution in [1.82, 2.24) is 10.2 Å². The van der Waals surface area contributed by atoms with E-state index in [1.54, 1.807) is 21.3 Å². The highest BCUT2D eigenvalue weighted by Crippen LogP contribution is 2.38. The smallest absolute Gasteiger partial charge is 0.251 e. The molecule has 0 spiro atoms. The molecule has 0 aromatic heterocycles. The van der Waals surface area contributed by atoms with Crippen LogP contribution in [-0.4, -0.2) is 45.2 Å². The van der Waals surface area contributed by atoms with E-state index in [9.17, 15) is 4.79 Å². The minimum Gasteiger partial charge on any atom is -0.497 e. The summed E-state index contributed by atoms with van der Waals surface area (Å²) in [5.74, 6) is 2.19. The zero-order chi connectivity index (χ0) is 23.2. The van der Waals surface area contributed by atoms with Crippen LogP contribution in [0, 0.1) is 0 Å². The van der Waals surface area contributed by atoms with E-state index in [2.05, 4.69) is 28.4 Å². The highest BCUT2D eigenvalue weighted by atomic mass is 16.5. The third-order valence-electron chi connectivity index (χ3n) is 6.15. The SMILES string of the molecule is COc1ccc(CN2CCc3cc(OC)c(OC)cc3[C@H]2CNC(=O)c2ccccc2)cc1. The number of benzene rings is 3. The summed E-state index contributed by atoms with van der Waals surface area (Å²) >= 11 is 0. The molecule has 6 nitrogen and oxygen atoms in total. The summed E-state index contributed by atoms with van der Waals surface area (Å²) in [7, 11) is 4.97. The maximum Gasteiger partial charge on any atom is 0.251 e. The van der Waals surface area contributed by atoms with E-state index in [4.69, 9.17) is 14.2 Å². The van der Waals surface area contributed by atoms with Crippen LogP contribution in [0.15, 0.2) is 66.7 Å². The fourth-order valence-corrected chi connectivity index (χ4v) is 4.35. The standard InChI is InChI=1S/C27H30N2O4/c1-31-22-11-9-19(10-12-22)18-29-14-13-21-15-25(32-2)26(33-3)16-23(21)24(29)17-28-27(30)20-7-5-4-6-8-20/h4-12,15-16,24H,13-14,17-18H2,1-3H3,(H,28,30)/t24-/m1/s1. The quantitative estimate of drug-likeness (QED) is 0.561. The summed E-state index contributed by atoms with van der Waals surface area (Å²) in [6, 6.07) is 21.5. The molecule has 1 N–H and O–H groups in total. The third-order valence-corrected chi connectivity index (χ3v) is 6.15. The first-order chi connectivity index (χ1) is 16.1. The van der Waals surface area contributed by atoms with E-state index in [1.807, 2.05) is 48.5 Å². The van der Waals surface area contributed by atoms with Gasteiger partial charge in [0.05, 0.1) is 27.4 Å². The van der Waals surface area contributed by atoms with Gasteiger partial charge in [-0.3, -0.25) is 9.69 Å². The highest BCUT2D eigenvalue weighted by molar-refractivity contribution is 5.94. The summed E-state index contributed by atoms with van der Waals surface area (Å²) < 4.78 is 16.4. The van der Waals surface area contributed by atoms with Gasteiger partial charge in [0.2, 0.25) is 0 Å². The molecule has 3 aromatic carbocycles. The monoisotopic (exact) mass is 446 g/mol. The maximum atomic E-state index is 12.8. The van der Waals surface area contributed by atoms with Crippen LogP contribution >= 0.6 is 0 Å². The Morgan fingerprint density at radius 1 is 0.939 bits per heavy atom. The number of carbonyl (C=O) groups excluding carboxylic acids is 1. The molecule has 0 saturated carbocycles. The van der Waals surface area contributed by atoms with E-state index >= 15 is 0 Å². The Balaban J connectivity index is 1.61. The van der Waals surface area contributed by atoms with Crippen LogP contribution in [0.1, 0.15) is 33.1 Å². The lowest BCUT2D eigenvalue weighted by Crippen LogP contribution is -2.41. The van der Waals surface area contributed by atoms with Crippen molar-refractivity contribution in [3.63, 3.8) is 0 Å². The van der Waals surface area contributed by atoms with Gasteiger partial charge in [0.1, 0.15) is 5.75 Å². The van der Waals surface area contributed by atoms with Crippen LogP contribution in [0.4, 0.5) is 0 Å². The number of carbonyl (C=O) groups is 1. The Hall–Kier alpha value is -3.51. The van der Waals surface area contributed by atoms with Crippen molar-refractivity contribution >= 4 is 5.91 Å². The molecular weight excluding hydrogens is 416 g/mol. The first-order valence-corrected chi connectivity index (χ1v) is 11.1. The van der Waals surface area contributed by atoms with Gasteiger partial charge in [-0.15, -0.1) is 0 Å². The largest absolute Gasteiger partial charge is 0.497 e. The average Bonchev–Trinajstić information content (AvgIpc) is 2.87. The molecule has 0 saturated heterocycles. The number of amides is 1. The Morgan fingerprint density at radius 2 is 1.64 bits per heavy atom. The van der Waals surface area contributed by atoms with Gasteiger partial charge in [-0.05, 0) is 59.5 Å². The lowest BCUT2D eigenvalue weighted by atomic mass is 9.91. The molecule has 3 aromatic rings. The van der Waals surface area contributed by atoms with Crippen molar-refractivity contribution in [1.29, 1.82) is 0 Å². The number of nitrogens with zero attached hydrogens (tertiary/aromatic N) is 1. The fourth-order valence-electron chi connectivity index (χ4n) is 4.35. The van der Waals surface area contributed by atoms with Crippen molar-refractivity contribution in [2.45, 2.75) is 19.0 Å². The predicted octanol–water partition coefficient (Wildman–Crippen LogP) is 4.24. The minimum absolute atomic E-state index is 0.00307. The van der Waals surface area contributed by atoms with Crippen molar-refractivity contribution in [2.75, 3.05) is 34.4 Å². The Bertz CT molecular complexity index is 1080. The number of fused-ring (bicyclic) bond motifs is 1. The Kier molecular flexibility index (Phi) is 7.15. The normalized spacial score (nSPS) is 15.4. The van der Waals surface area contributed by atoms with Gasteiger partial charge < -0.3 is 19.5 Å². The summed E-state index contributed by atoms with van der Waals surface area (Å²) in [4.78, 5) is 15.2. The van der Waals surface area contributed by atoms with Gasteiger partial charge in [0.25, 0.3) is 5.91 Å². The number of rotatable bonds is 8. The molecule has 33 heavy (non-hydrogen) atoms. The molecule has 0 aliphatic carbocycles. The maximum absolute atomic E-state index is 12.8. The molecule has 1 atom stereocenters. The van der Waals surface area contributed by atoms with E-state index in [0.717, 1.165) is 36.6 Å². The molecule has 1 aliphatic heterocycles. The van der Waals surface area contributed by atoms with Crippen LogP contribution in [-0.2, 0) is 13.0 Å². The molecule has 1 aliphatic rings. The first-order valence-electron chi connectivity index (χ1n) is 11.1. The second-order valence-electron chi connectivity index (χ2n) is 8.07. The number of nitrogens with one attached hydrogen (secondary N) is 1. The molecule has 1 heterocycles. The Morgan fingerprint density at radius 3 is 2.30 bits per heavy atom. The fraction of sp³-hybridized carbons (Fsp3) is 0.296. The van der Waals surface area contributed by atoms with Crippen LogP contribution in [0.2, 0.25) is 0 Å². The van der Waals surface area contributed by atoms with Gasteiger partial charge in [-0.2, -0.15) is 0 Å². The van der Waals surface area contributed by atoms with Crippen LogP contribution < -0.4 is 19.5 Å². The lowest BCUT2D eigenvalue weighted by Gasteiger charge is -2.38. The first kappa shape index (κ1) is 22.7. The van der Waals surface area contributed by atoms with Crippen LogP contribution in [0.5, 0.6) is 17.2 Å². The molecule has 172 valence electrons. The second-order valence-corrected chi connectivity index (χ2v) is 8.07. The number of hydrogen-bond acceptors (Lipinski definition) is 5. The molecule has 4 rings (SSSR count). The summed E-state index contributed by atoms with van der Waals surface area (Å²) in [6.07, 6.45) is 0.898. The Labute approximate surface area is 195 Å².